The maximum Gasteiger partial charge on any atom is 0.201 e. The molecular formula is C12H27BN2. The van der Waals surface area contributed by atoms with E-state index in [0.717, 1.165) is 19.3 Å². The Hall–Kier alpha value is -0.0151. The second-order valence-corrected chi connectivity index (χ2v) is 5.01. The molecule has 88 valence electrons. The third-order valence-electron chi connectivity index (χ3n) is 3.82. The van der Waals surface area contributed by atoms with Crippen molar-refractivity contribution < 1.29 is 0 Å². The molecule has 15 heavy (non-hydrogen) atoms. The number of rotatable bonds is 2. The first kappa shape index (κ1) is 13.1. The number of hydrogen-bond acceptors (Lipinski definition) is 2. The van der Waals surface area contributed by atoms with Crippen molar-refractivity contribution in [3.63, 3.8) is 0 Å². The number of nitrogens with two attached hydrogens (primary N) is 1. The lowest BCUT2D eigenvalue weighted by atomic mass is 9.71. The van der Waals surface area contributed by atoms with E-state index < -0.39 is 0 Å². The maximum atomic E-state index is 5.79. The lowest BCUT2D eigenvalue weighted by molar-refractivity contribution is 0.450. The van der Waals surface area contributed by atoms with Crippen LogP contribution in [-0.2, 0) is 0 Å². The third kappa shape index (κ3) is 5.57. The standard InChI is InChI=1S/C12H27BN2/c1-15-12-9-4-2-3-7-11(13-14)8-5-6-10-12/h11-13,15H,2-10,14H2,1H3. The van der Waals surface area contributed by atoms with Gasteiger partial charge in [0.1, 0.15) is 0 Å². The Kier molecular flexibility index (Phi) is 7.11. The molecule has 1 saturated carbocycles. The van der Waals surface area contributed by atoms with Crippen LogP contribution < -0.4 is 11.0 Å². The Bertz CT molecular complexity index is 137. The Morgan fingerprint density at radius 2 is 1.47 bits per heavy atom. The molecule has 2 nitrogen and oxygen atoms in total. The van der Waals surface area contributed by atoms with Crippen LogP contribution >= 0.6 is 0 Å². The van der Waals surface area contributed by atoms with Gasteiger partial charge in [-0.25, -0.2) is 0 Å². The average Bonchev–Trinajstić information content (AvgIpc) is 2.32. The normalized spacial score (nSPS) is 30.5. The average molecular weight is 210 g/mol. The summed E-state index contributed by atoms with van der Waals surface area (Å²) in [7, 11) is 3.00. The van der Waals surface area contributed by atoms with Gasteiger partial charge in [-0.05, 0) is 19.9 Å². The molecule has 2 unspecified atom stereocenters. The fraction of sp³-hybridized carbons (Fsp3) is 1.00. The minimum atomic E-state index is 0.763. The van der Waals surface area contributed by atoms with Gasteiger partial charge in [-0.2, -0.15) is 0 Å². The highest BCUT2D eigenvalue weighted by atomic mass is 14.9. The Morgan fingerprint density at radius 3 is 2.07 bits per heavy atom. The molecule has 0 aliphatic heterocycles. The highest BCUT2D eigenvalue weighted by Crippen LogP contribution is 2.23. The summed E-state index contributed by atoms with van der Waals surface area (Å²) in [6, 6.07) is 0.763. The van der Waals surface area contributed by atoms with Gasteiger partial charge in [-0.3, -0.25) is 0 Å². The van der Waals surface area contributed by atoms with E-state index >= 15 is 0 Å². The summed E-state index contributed by atoms with van der Waals surface area (Å²) in [5, 5.41) is 3.44. The summed E-state index contributed by atoms with van der Waals surface area (Å²) < 4.78 is 0. The molecule has 0 aromatic heterocycles. The van der Waals surface area contributed by atoms with Gasteiger partial charge < -0.3 is 11.0 Å². The van der Waals surface area contributed by atoms with Gasteiger partial charge in [0, 0.05) is 6.04 Å². The molecule has 0 radical (unpaired) electrons. The van der Waals surface area contributed by atoms with Crippen molar-refractivity contribution in [2.24, 2.45) is 5.64 Å². The van der Waals surface area contributed by atoms with E-state index in [-0.39, 0.29) is 0 Å². The van der Waals surface area contributed by atoms with Crippen molar-refractivity contribution in [3.05, 3.63) is 0 Å². The van der Waals surface area contributed by atoms with E-state index in [1.807, 2.05) is 0 Å². The second-order valence-electron chi connectivity index (χ2n) is 5.01. The van der Waals surface area contributed by atoms with Crippen molar-refractivity contribution in [2.75, 3.05) is 7.05 Å². The van der Waals surface area contributed by atoms with E-state index in [9.17, 15) is 0 Å². The van der Waals surface area contributed by atoms with E-state index in [0.29, 0.717) is 0 Å². The quantitative estimate of drug-likeness (QED) is 0.685. The number of hydrogen-bond donors (Lipinski definition) is 2. The van der Waals surface area contributed by atoms with E-state index in [4.69, 9.17) is 5.64 Å². The van der Waals surface area contributed by atoms with Crippen molar-refractivity contribution in [1.82, 2.24) is 5.32 Å². The molecule has 0 aromatic carbocycles. The Balaban J connectivity index is 2.29. The van der Waals surface area contributed by atoms with E-state index in [2.05, 4.69) is 12.4 Å². The van der Waals surface area contributed by atoms with Crippen LogP contribution in [0.2, 0.25) is 5.82 Å². The fourth-order valence-electron chi connectivity index (χ4n) is 2.64. The van der Waals surface area contributed by atoms with Gasteiger partial charge in [0.25, 0.3) is 0 Å². The van der Waals surface area contributed by atoms with E-state index in [1.54, 1.807) is 0 Å². The molecule has 1 rings (SSSR count). The molecule has 1 aliphatic carbocycles. The molecule has 1 fully saturated rings. The third-order valence-corrected chi connectivity index (χ3v) is 3.82. The summed E-state index contributed by atoms with van der Waals surface area (Å²) in [6.07, 6.45) is 12.4. The molecule has 3 N–H and O–H groups in total. The van der Waals surface area contributed by atoms with Crippen molar-refractivity contribution in [2.45, 2.75) is 69.6 Å². The van der Waals surface area contributed by atoms with Crippen molar-refractivity contribution >= 4 is 7.41 Å². The van der Waals surface area contributed by atoms with Crippen LogP contribution in [0.1, 0.15) is 57.8 Å². The monoisotopic (exact) mass is 210 g/mol. The smallest absolute Gasteiger partial charge is 0.201 e. The van der Waals surface area contributed by atoms with Crippen LogP contribution in [-0.4, -0.2) is 20.5 Å². The first-order valence-corrected chi connectivity index (χ1v) is 6.74. The highest BCUT2D eigenvalue weighted by Gasteiger charge is 2.11. The van der Waals surface area contributed by atoms with Crippen molar-refractivity contribution in [1.29, 1.82) is 0 Å². The lowest BCUT2D eigenvalue weighted by Crippen LogP contribution is -2.24. The topological polar surface area (TPSA) is 38.0 Å². The van der Waals surface area contributed by atoms with Gasteiger partial charge in [-0.1, -0.05) is 50.8 Å². The van der Waals surface area contributed by atoms with Crippen LogP contribution in [0.25, 0.3) is 0 Å². The maximum absolute atomic E-state index is 5.79. The molecule has 0 bridgehead atoms. The minimum absolute atomic E-state index is 0.763. The summed E-state index contributed by atoms with van der Waals surface area (Å²) in [6.45, 7) is 0. The highest BCUT2D eigenvalue weighted by molar-refractivity contribution is 6.33. The first-order valence-electron chi connectivity index (χ1n) is 6.74. The van der Waals surface area contributed by atoms with Crippen LogP contribution in [0.5, 0.6) is 0 Å². The number of nitrogens with one attached hydrogen (secondary N) is 1. The largest absolute Gasteiger partial charge is 0.373 e. The lowest BCUT2D eigenvalue weighted by Gasteiger charge is -2.15. The molecule has 0 aromatic rings. The zero-order chi connectivity index (χ0) is 10.9. The molecule has 0 amide bonds. The first-order chi connectivity index (χ1) is 7.36. The molecule has 2 atom stereocenters. The molecule has 1 aliphatic rings. The Labute approximate surface area is 95.6 Å². The van der Waals surface area contributed by atoms with Gasteiger partial charge in [0.15, 0.2) is 0 Å². The minimum Gasteiger partial charge on any atom is -0.373 e. The van der Waals surface area contributed by atoms with Crippen molar-refractivity contribution in [3.8, 4) is 0 Å². The van der Waals surface area contributed by atoms with Crippen LogP contribution in [0.4, 0.5) is 0 Å². The summed E-state index contributed by atoms with van der Waals surface area (Å²) in [5.74, 6) is 0.802. The molecular weight excluding hydrogens is 183 g/mol. The molecule has 3 heteroatoms. The zero-order valence-electron chi connectivity index (χ0n) is 10.3. The second kappa shape index (κ2) is 8.17. The van der Waals surface area contributed by atoms with Gasteiger partial charge in [-0.15, -0.1) is 0 Å². The zero-order valence-corrected chi connectivity index (χ0v) is 10.3. The fourth-order valence-corrected chi connectivity index (χ4v) is 2.64. The predicted molar refractivity (Wildman–Crippen MR) is 69.5 cm³/mol. The molecule has 0 heterocycles. The SMILES string of the molecule is CNC1CCCCCC(BN)CCCC1. The van der Waals surface area contributed by atoms with Gasteiger partial charge in [0.2, 0.25) is 7.41 Å². The van der Waals surface area contributed by atoms with Crippen LogP contribution in [0, 0.1) is 0 Å². The van der Waals surface area contributed by atoms with Gasteiger partial charge >= 0.3 is 0 Å². The molecule has 0 spiro atoms. The molecule has 0 saturated heterocycles. The predicted octanol–water partition coefficient (Wildman–Crippen LogP) is 2.20. The summed E-state index contributed by atoms with van der Waals surface area (Å²) >= 11 is 0. The summed E-state index contributed by atoms with van der Waals surface area (Å²) in [5.41, 5.74) is 5.79. The summed E-state index contributed by atoms with van der Waals surface area (Å²) in [4.78, 5) is 0. The Morgan fingerprint density at radius 1 is 0.933 bits per heavy atom. The van der Waals surface area contributed by atoms with Gasteiger partial charge in [0.05, 0.1) is 0 Å². The van der Waals surface area contributed by atoms with Crippen LogP contribution in [0.15, 0.2) is 0 Å². The van der Waals surface area contributed by atoms with Crippen LogP contribution in [0.3, 0.4) is 0 Å². The van der Waals surface area contributed by atoms with E-state index in [1.165, 1.54) is 57.8 Å².